The third-order valence-corrected chi connectivity index (χ3v) is 3.28. The van der Waals surface area contributed by atoms with Gasteiger partial charge in [0.25, 0.3) is 0 Å². The molecule has 0 bridgehead atoms. The number of ether oxygens (including phenoxy) is 1. The van der Waals surface area contributed by atoms with Crippen LogP contribution in [0.1, 0.15) is 41.0 Å². The van der Waals surface area contributed by atoms with Crippen LogP contribution in [0, 0.1) is 24.2 Å². The van der Waals surface area contributed by atoms with Gasteiger partial charge in [0.05, 0.1) is 19.1 Å². The third kappa shape index (κ3) is 8.36. The molecule has 130 valence electrons. The number of nitrogens with one attached hydrogen (secondary N) is 2. The van der Waals surface area contributed by atoms with E-state index < -0.39 is 12.1 Å². The van der Waals surface area contributed by atoms with Crippen LogP contribution in [-0.2, 0) is 19.1 Å². The molecule has 0 aliphatic carbocycles. The largest absolute Gasteiger partial charge is 0.368 e. The molecule has 0 saturated heterocycles. The van der Waals surface area contributed by atoms with Gasteiger partial charge < -0.3 is 15.4 Å². The summed E-state index contributed by atoms with van der Waals surface area (Å²) in [6.45, 7) is 9.21. The summed E-state index contributed by atoms with van der Waals surface area (Å²) in [4.78, 5) is 36.0. The summed E-state index contributed by atoms with van der Waals surface area (Å²) in [6, 6.07) is -1.28. The number of hydrogen-bond donors (Lipinski definition) is 2. The van der Waals surface area contributed by atoms with E-state index in [2.05, 4.69) is 16.6 Å². The number of ketones is 1. The molecule has 2 N–H and O–H groups in total. The predicted octanol–water partition coefficient (Wildman–Crippen LogP) is 0.897. The fourth-order valence-corrected chi connectivity index (χ4v) is 1.95. The van der Waals surface area contributed by atoms with Crippen molar-refractivity contribution in [3.8, 4) is 12.3 Å². The second-order valence-electron chi connectivity index (χ2n) is 6.08. The van der Waals surface area contributed by atoms with Crippen LogP contribution >= 0.6 is 0 Å². The van der Waals surface area contributed by atoms with Crippen molar-refractivity contribution in [2.75, 3.05) is 13.2 Å². The lowest BCUT2D eigenvalue weighted by Gasteiger charge is -2.24. The average molecular weight is 324 g/mol. The molecule has 0 aromatic heterocycles. The van der Waals surface area contributed by atoms with Crippen LogP contribution in [0.15, 0.2) is 0 Å². The highest BCUT2D eigenvalue weighted by molar-refractivity contribution is 5.93. The van der Waals surface area contributed by atoms with Crippen LogP contribution in [0.25, 0.3) is 0 Å². The molecule has 2 amide bonds. The zero-order chi connectivity index (χ0) is 18.0. The van der Waals surface area contributed by atoms with E-state index >= 15 is 0 Å². The first-order valence-corrected chi connectivity index (χ1v) is 7.85. The fourth-order valence-electron chi connectivity index (χ4n) is 1.95. The Morgan fingerprint density at radius 1 is 1.09 bits per heavy atom. The van der Waals surface area contributed by atoms with Crippen molar-refractivity contribution in [3.63, 3.8) is 0 Å². The zero-order valence-corrected chi connectivity index (χ0v) is 14.6. The van der Waals surface area contributed by atoms with Crippen LogP contribution in [0.5, 0.6) is 0 Å². The first kappa shape index (κ1) is 21.1. The Morgan fingerprint density at radius 2 is 1.70 bits per heavy atom. The summed E-state index contributed by atoms with van der Waals surface area (Å²) >= 11 is 0. The highest BCUT2D eigenvalue weighted by Gasteiger charge is 2.27. The van der Waals surface area contributed by atoms with E-state index in [1.165, 1.54) is 0 Å². The maximum Gasteiger partial charge on any atom is 0.243 e. The van der Waals surface area contributed by atoms with Crippen molar-refractivity contribution in [1.29, 1.82) is 0 Å². The molecule has 0 fully saturated rings. The van der Waals surface area contributed by atoms with E-state index in [4.69, 9.17) is 11.2 Å². The van der Waals surface area contributed by atoms with E-state index in [0.717, 1.165) is 0 Å². The van der Waals surface area contributed by atoms with E-state index in [9.17, 15) is 14.4 Å². The molecule has 0 radical (unpaired) electrons. The number of hydrogen-bond acceptors (Lipinski definition) is 4. The number of rotatable bonds is 10. The molecule has 0 aromatic carbocycles. The molecule has 6 nitrogen and oxygen atoms in total. The van der Waals surface area contributed by atoms with Crippen LogP contribution < -0.4 is 10.6 Å². The van der Waals surface area contributed by atoms with Crippen LogP contribution in [0.2, 0.25) is 0 Å². The molecule has 2 atom stereocenters. The molecule has 23 heavy (non-hydrogen) atoms. The Labute approximate surface area is 138 Å². The summed E-state index contributed by atoms with van der Waals surface area (Å²) in [7, 11) is 0. The summed E-state index contributed by atoms with van der Waals surface area (Å²) in [5, 5.41) is 5.34. The Balaban J connectivity index is 4.55. The van der Waals surface area contributed by atoms with Crippen molar-refractivity contribution >= 4 is 17.6 Å². The Morgan fingerprint density at radius 3 is 2.17 bits per heavy atom. The smallest absolute Gasteiger partial charge is 0.243 e. The topological polar surface area (TPSA) is 84.5 Å². The first-order chi connectivity index (χ1) is 10.7. The molecule has 0 unspecified atom stereocenters. The highest BCUT2D eigenvalue weighted by atomic mass is 16.5. The van der Waals surface area contributed by atoms with E-state index in [0.29, 0.717) is 0 Å². The van der Waals surface area contributed by atoms with Crippen molar-refractivity contribution in [1.82, 2.24) is 10.6 Å². The number of carbonyl (C=O) groups is 3. The minimum atomic E-state index is -0.697. The third-order valence-electron chi connectivity index (χ3n) is 3.28. The van der Waals surface area contributed by atoms with Crippen LogP contribution in [0.3, 0.4) is 0 Å². The van der Waals surface area contributed by atoms with Gasteiger partial charge in [-0.1, -0.05) is 33.6 Å². The van der Waals surface area contributed by atoms with Crippen molar-refractivity contribution in [2.45, 2.75) is 53.1 Å². The molecule has 0 aromatic rings. The second kappa shape index (κ2) is 10.8. The SMILES string of the molecule is C#CCOCCC(=O)N[C@H](C(=O)N[C@@H](C)C(=O)C(C)C)C(C)C. The van der Waals surface area contributed by atoms with Crippen LogP contribution in [-0.4, -0.2) is 42.9 Å². The maximum atomic E-state index is 12.3. The van der Waals surface area contributed by atoms with Gasteiger partial charge in [0, 0.05) is 5.92 Å². The van der Waals surface area contributed by atoms with Gasteiger partial charge in [-0.3, -0.25) is 14.4 Å². The van der Waals surface area contributed by atoms with Gasteiger partial charge in [0.15, 0.2) is 5.78 Å². The second-order valence-corrected chi connectivity index (χ2v) is 6.08. The summed E-state index contributed by atoms with van der Waals surface area (Å²) in [5.74, 6) is 1.34. The van der Waals surface area contributed by atoms with Gasteiger partial charge in [-0.25, -0.2) is 0 Å². The van der Waals surface area contributed by atoms with E-state index in [1.54, 1.807) is 20.8 Å². The van der Waals surface area contributed by atoms with E-state index in [-0.39, 0.29) is 49.1 Å². The molecule has 0 heterocycles. The molecular weight excluding hydrogens is 296 g/mol. The highest BCUT2D eigenvalue weighted by Crippen LogP contribution is 2.05. The number of terminal acetylenes is 1. The van der Waals surface area contributed by atoms with Crippen molar-refractivity contribution in [2.24, 2.45) is 11.8 Å². The molecule has 0 saturated carbocycles. The zero-order valence-electron chi connectivity index (χ0n) is 14.6. The summed E-state index contributed by atoms with van der Waals surface area (Å²) in [5.41, 5.74) is 0. The Hall–Kier alpha value is -1.87. The average Bonchev–Trinajstić information content (AvgIpc) is 2.47. The number of Topliss-reactive ketones (excluding diaryl/α,β-unsaturated/α-hetero) is 1. The van der Waals surface area contributed by atoms with Gasteiger partial charge in [-0.15, -0.1) is 6.42 Å². The van der Waals surface area contributed by atoms with Gasteiger partial charge in [0.1, 0.15) is 12.6 Å². The normalized spacial score (nSPS) is 13.3. The standard InChI is InChI=1S/C17H28N2O4/c1-7-9-23-10-8-14(20)19-15(11(2)3)17(22)18-13(6)16(21)12(4)5/h1,11-13,15H,8-10H2,2-6H3,(H,18,22)(H,19,20)/t13-,15-/m0/s1. The predicted molar refractivity (Wildman–Crippen MR) is 88.5 cm³/mol. The molecule has 0 aliphatic heterocycles. The number of carbonyl (C=O) groups excluding carboxylic acids is 3. The first-order valence-electron chi connectivity index (χ1n) is 7.85. The van der Waals surface area contributed by atoms with Crippen molar-refractivity contribution in [3.05, 3.63) is 0 Å². The lowest BCUT2D eigenvalue weighted by molar-refractivity contribution is -0.133. The quantitative estimate of drug-likeness (QED) is 0.462. The fraction of sp³-hybridized carbons (Fsp3) is 0.706. The van der Waals surface area contributed by atoms with Gasteiger partial charge in [-0.05, 0) is 12.8 Å². The Bertz CT molecular complexity index is 452. The monoisotopic (exact) mass is 324 g/mol. The molecular formula is C17H28N2O4. The maximum absolute atomic E-state index is 12.3. The van der Waals surface area contributed by atoms with Crippen LogP contribution in [0.4, 0.5) is 0 Å². The van der Waals surface area contributed by atoms with Gasteiger partial charge in [-0.2, -0.15) is 0 Å². The van der Waals surface area contributed by atoms with Crippen molar-refractivity contribution < 1.29 is 19.1 Å². The Kier molecular flexibility index (Phi) is 9.91. The minimum absolute atomic E-state index is 0.0464. The lowest BCUT2D eigenvalue weighted by atomic mass is 10.00. The number of amides is 2. The minimum Gasteiger partial charge on any atom is -0.368 e. The van der Waals surface area contributed by atoms with E-state index in [1.807, 2.05) is 13.8 Å². The van der Waals surface area contributed by atoms with Gasteiger partial charge in [0.2, 0.25) is 11.8 Å². The van der Waals surface area contributed by atoms with Gasteiger partial charge >= 0.3 is 0 Å². The lowest BCUT2D eigenvalue weighted by Crippen LogP contribution is -2.53. The summed E-state index contributed by atoms with van der Waals surface area (Å²) in [6.07, 6.45) is 5.17. The molecule has 0 spiro atoms. The molecule has 6 heteroatoms. The molecule has 0 rings (SSSR count). The summed E-state index contributed by atoms with van der Waals surface area (Å²) < 4.78 is 5.04. The molecule has 0 aliphatic rings.